The molecule has 1 aliphatic heterocycles. The fourth-order valence-electron chi connectivity index (χ4n) is 13.3. The first-order valence-corrected chi connectivity index (χ1v) is 21.7. The molecule has 15 rings (SSSR count). The van der Waals surface area contributed by atoms with Gasteiger partial charge >= 0.3 is 0 Å². The van der Waals surface area contributed by atoms with Gasteiger partial charge in [-0.25, -0.2) is 0 Å². The lowest BCUT2D eigenvalue weighted by atomic mass is 9.41. The number of hydrogen-bond donors (Lipinski definition) is 0. The largest absolute Gasteiger partial charge is 0.455 e. The van der Waals surface area contributed by atoms with Gasteiger partial charge in [0.05, 0.1) is 16.7 Å². The van der Waals surface area contributed by atoms with Crippen LogP contribution in [-0.2, 0) is 5.41 Å². The second-order valence-electron chi connectivity index (χ2n) is 18.1. The summed E-state index contributed by atoms with van der Waals surface area (Å²) in [6, 6.07) is 63.7. The van der Waals surface area contributed by atoms with E-state index in [9.17, 15) is 0 Å². The van der Waals surface area contributed by atoms with Crippen LogP contribution in [0.5, 0.6) is 0 Å². The van der Waals surface area contributed by atoms with Crippen molar-refractivity contribution in [1.82, 2.24) is 4.57 Å². The molecule has 0 atom stereocenters. The maximum Gasteiger partial charge on any atom is 0.143 e. The highest BCUT2D eigenvalue weighted by Crippen LogP contribution is 2.68. The van der Waals surface area contributed by atoms with E-state index >= 15 is 0 Å². The molecule has 59 heavy (non-hydrogen) atoms. The molecule has 4 saturated carbocycles. The van der Waals surface area contributed by atoms with Crippen molar-refractivity contribution in [2.75, 3.05) is 4.90 Å². The zero-order valence-electron chi connectivity index (χ0n) is 32.8. The SMILES string of the molecule is c1cc(-c2cccc3c2oc2ccccc23)cc(N(c2ccc3ccccc3c2)c2cc3c4c(c2)c2ccccc2n4-c2ccccc2C32C3CC4CC(C3)CC2C4)c1. The van der Waals surface area contributed by atoms with Crippen LogP contribution in [0.15, 0.2) is 174 Å². The van der Waals surface area contributed by atoms with E-state index in [0.717, 1.165) is 56.3 Å². The van der Waals surface area contributed by atoms with Crippen LogP contribution in [-0.4, -0.2) is 4.57 Å². The van der Waals surface area contributed by atoms with E-state index in [2.05, 4.69) is 179 Å². The molecule has 8 aromatic carbocycles. The quantitative estimate of drug-likeness (QED) is 0.178. The Kier molecular flexibility index (Phi) is 6.46. The number of aromatic nitrogens is 1. The molecule has 5 aliphatic rings. The molecule has 3 heteroatoms. The first kappa shape index (κ1) is 32.4. The minimum absolute atomic E-state index is 0.0174. The van der Waals surface area contributed by atoms with Gasteiger partial charge in [-0.1, -0.05) is 115 Å². The fraction of sp³-hybridized carbons (Fsp3) is 0.179. The molecule has 4 aliphatic carbocycles. The van der Waals surface area contributed by atoms with E-state index in [4.69, 9.17) is 4.42 Å². The Hall–Kier alpha value is -6.58. The molecule has 0 N–H and O–H groups in total. The molecule has 0 saturated heterocycles. The molecule has 0 amide bonds. The van der Waals surface area contributed by atoms with Crippen LogP contribution in [0.3, 0.4) is 0 Å². The molecule has 3 nitrogen and oxygen atoms in total. The molecule has 0 unspecified atom stereocenters. The predicted molar refractivity (Wildman–Crippen MR) is 244 cm³/mol. The number of hydrogen-bond acceptors (Lipinski definition) is 2. The maximum atomic E-state index is 6.61. The summed E-state index contributed by atoms with van der Waals surface area (Å²) in [5.74, 6) is 3.03. The Bertz CT molecular complexity index is 3350. The van der Waals surface area contributed by atoms with Crippen LogP contribution >= 0.6 is 0 Å². The predicted octanol–water partition coefficient (Wildman–Crippen LogP) is 15.0. The van der Waals surface area contributed by atoms with Crippen molar-refractivity contribution in [1.29, 1.82) is 0 Å². The zero-order valence-corrected chi connectivity index (χ0v) is 32.8. The van der Waals surface area contributed by atoms with Gasteiger partial charge in [0, 0.05) is 49.6 Å². The zero-order chi connectivity index (χ0) is 38.4. The first-order valence-electron chi connectivity index (χ1n) is 21.7. The number of anilines is 3. The highest BCUT2D eigenvalue weighted by atomic mass is 16.3. The summed E-state index contributed by atoms with van der Waals surface area (Å²) < 4.78 is 9.24. The third-order valence-electron chi connectivity index (χ3n) is 15.3. The lowest BCUT2D eigenvalue weighted by Gasteiger charge is -2.63. The number of para-hydroxylation sites is 4. The molecule has 4 bridgehead atoms. The van der Waals surface area contributed by atoms with E-state index < -0.39 is 0 Å². The number of furan rings is 1. The maximum absolute atomic E-state index is 6.61. The second kappa shape index (κ2) is 11.8. The summed E-state index contributed by atoms with van der Waals surface area (Å²) in [6.45, 7) is 0. The molecule has 0 radical (unpaired) electrons. The van der Waals surface area contributed by atoms with E-state index in [0.29, 0.717) is 11.8 Å². The Balaban J connectivity index is 1.06. The van der Waals surface area contributed by atoms with Crippen molar-refractivity contribution in [2.45, 2.75) is 37.5 Å². The summed E-state index contributed by atoms with van der Waals surface area (Å²) in [4.78, 5) is 2.54. The van der Waals surface area contributed by atoms with Crippen molar-refractivity contribution < 1.29 is 4.42 Å². The van der Waals surface area contributed by atoms with Gasteiger partial charge in [0.2, 0.25) is 0 Å². The van der Waals surface area contributed by atoms with Crippen LogP contribution in [0.1, 0.15) is 43.2 Å². The number of fused-ring (bicyclic) bond motifs is 9. The monoisotopic (exact) mass is 758 g/mol. The van der Waals surface area contributed by atoms with Gasteiger partial charge in [-0.3, -0.25) is 0 Å². The smallest absolute Gasteiger partial charge is 0.143 e. The minimum Gasteiger partial charge on any atom is -0.455 e. The average molecular weight is 759 g/mol. The van der Waals surface area contributed by atoms with Crippen LogP contribution in [0, 0.1) is 23.7 Å². The van der Waals surface area contributed by atoms with Gasteiger partial charge in [0.25, 0.3) is 0 Å². The molecule has 3 heterocycles. The lowest BCUT2D eigenvalue weighted by molar-refractivity contribution is -0.0418. The van der Waals surface area contributed by atoms with Crippen LogP contribution in [0.2, 0.25) is 0 Å². The summed E-state index contributed by atoms with van der Waals surface area (Å²) in [5.41, 5.74) is 14.8. The standard InChI is InChI=1S/C56H42N2O/c1-2-12-37-30-42(24-23-36(37)11-1)57(41-14-9-13-38(31-41)44-17-10-18-47-46-16-4-8-22-53(46)59-55(44)47)43-32-48-45-15-3-6-20-51(45)58-52-21-7-5-19-49(52)56(50(33-43)54(48)58)39-26-34-25-35(28-39)29-40(56)27-34/h1-24,30-35,39-40H,25-29H2. The molecule has 4 fully saturated rings. The highest BCUT2D eigenvalue weighted by molar-refractivity contribution is 6.14. The topological polar surface area (TPSA) is 21.3 Å². The van der Waals surface area contributed by atoms with Gasteiger partial charge in [0.15, 0.2) is 0 Å². The fourth-order valence-corrected chi connectivity index (χ4v) is 13.3. The molecule has 1 spiro atoms. The Morgan fingerprint density at radius 2 is 1.20 bits per heavy atom. The summed E-state index contributed by atoms with van der Waals surface area (Å²) in [7, 11) is 0. The second-order valence-corrected chi connectivity index (χ2v) is 18.1. The van der Waals surface area contributed by atoms with Crippen molar-refractivity contribution >= 4 is 71.6 Å². The van der Waals surface area contributed by atoms with E-state index in [-0.39, 0.29) is 5.41 Å². The average Bonchev–Trinajstić information content (AvgIpc) is 3.83. The van der Waals surface area contributed by atoms with E-state index in [1.807, 2.05) is 0 Å². The van der Waals surface area contributed by atoms with Crippen molar-refractivity contribution in [3.63, 3.8) is 0 Å². The van der Waals surface area contributed by atoms with Crippen molar-refractivity contribution in [2.24, 2.45) is 23.7 Å². The molecular formula is C56H42N2O. The minimum atomic E-state index is -0.0174. The Morgan fingerprint density at radius 3 is 2.08 bits per heavy atom. The molecule has 10 aromatic rings. The van der Waals surface area contributed by atoms with Gasteiger partial charge in [0.1, 0.15) is 11.2 Å². The van der Waals surface area contributed by atoms with Crippen LogP contribution in [0.4, 0.5) is 17.1 Å². The molecule has 2 aromatic heterocycles. The van der Waals surface area contributed by atoms with Crippen molar-refractivity contribution in [3.05, 3.63) is 181 Å². The summed E-state index contributed by atoms with van der Waals surface area (Å²) >= 11 is 0. The first-order chi connectivity index (χ1) is 29.2. The van der Waals surface area contributed by atoms with Gasteiger partial charge in [-0.05, 0) is 138 Å². The highest BCUT2D eigenvalue weighted by Gasteiger charge is 2.61. The van der Waals surface area contributed by atoms with Gasteiger partial charge in [-0.15, -0.1) is 0 Å². The molecule has 282 valence electrons. The third-order valence-corrected chi connectivity index (χ3v) is 15.3. The summed E-state index contributed by atoms with van der Waals surface area (Å²) in [5, 5.41) is 7.47. The normalized spacial score (nSPS) is 22.6. The third kappa shape index (κ3) is 4.32. The van der Waals surface area contributed by atoms with Crippen LogP contribution < -0.4 is 4.90 Å². The van der Waals surface area contributed by atoms with E-state index in [1.165, 1.54) is 76.1 Å². The molecular weight excluding hydrogens is 717 g/mol. The Morgan fingerprint density at radius 1 is 0.492 bits per heavy atom. The number of rotatable bonds is 4. The van der Waals surface area contributed by atoms with Crippen molar-refractivity contribution in [3.8, 4) is 16.8 Å². The number of nitrogens with zero attached hydrogens (tertiary/aromatic N) is 2. The summed E-state index contributed by atoms with van der Waals surface area (Å²) in [6.07, 6.45) is 6.82. The van der Waals surface area contributed by atoms with Gasteiger partial charge in [-0.2, -0.15) is 0 Å². The lowest BCUT2D eigenvalue weighted by Crippen LogP contribution is -2.57. The van der Waals surface area contributed by atoms with Crippen LogP contribution in [0.25, 0.3) is 71.3 Å². The Labute approximate surface area is 343 Å². The number of benzene rings is 8. The van der Waals surface area contributed by atoms with Gasteiger partial charge < -0.3 is 13.9 Å². The van der Waals surface area contributed by atoms with E-state index in [1.54, 1.807) is 11.1 Å².